The molecule has 0 N–H and O–H groups in total. The maximum absolute atomic E-state index is 6.52. The second-order valence-electron chi connectivity index (χ2n) is 3.92. The van der Waals surface area contributed by atoms with E-state index < -0.39 is 7.38 Å². The predicted molar refractivity (Wildman–Crippen MR) is 52.3 cm³/mol. The maximum atomic E-state index is 6.52. The van der Waals surface area contributed by atoms with Crippen LogP contribution in [0, 0.1) is 0 Å². The molecule has 0 nitrogen and oxygen atoms in total. The molecule has 2 heteroatoms. The number of rotatable bonds is 2. The Kier molecular flexibility index (Phi) is 3.43. The molecule has 0 radical (unpaired) electrons. The first-order valence-electron chi connectivity index (χ1n) is 4.06. The molecule has 0 spiro atoms. The van der Waals surface area contributed by atoms with Crippen molar-refractivity contribution in [2.24, 2.45) is 0 Å². The van der Waals surface area contributed by atoms with Gasteiger partial charge in [0.25, 0.3) is 0 Å². The Labute approximate surface area is 70.7 Å². The normalized spacial score (nSPS) is 13.8. The van der Waals surface area contributed by atoms with Gasteiger partial charge in [-0.2, -0.15) is 11.1 Å². The summed E-state index contributed by atoms with van der Waals surface area (Å²) in [6.45, 7) is 11.2. The van der Waals surface area contributed by atoms with Crippen LogP contribution in [0.3, 0.4) is 0 Å². The third-order valence-electron chi connectivity index (χ3n) is 2.46. The third kappa shape index (κ3) is 1.99. The largest absolute Gasteiger partial charge is 0.166 e. The van der Waals surface area contributed by atoms with Crippen molar-refractivity contribution in [1.82, 2.24) is 0 Å². The van der Waals surface area contributed by atoms with Gasteiger partial charge < -0.3 is 0 Å². The van der Waals surface area contributed by atoms with Crippen molar-refractivity contribution in [2.75, 3.05) is 0 Å². The molecule has 0 aliphatic carbocycles. The maximum Gasteiger partial charge on any atom is 0.161 e. The quantitative estimate of drug-likeness (QED) is 0.443. The summed E-state index contributed by atoms with van der Waals surface area (Å²) in [5.41, 5.74) is 0. The van der Waals surface area contributed by atoms with E-state index in [1.807, 2.05) is 0 Å². The number of halogens is 1. The molecule has 10 heavy (non-hydrogen) atoms. The van der Waals surface area contributed by atoms with Gasteiger partial charge in [-0.15, -0.1) is 0 Å². The Morgan fingerprint density at radius 3 is 1.40 bits per heavy atom. The molecule has 0 atom stereocenters. The van der Waals surface area contributed by atoms with Gasteiger partial charge in [0, 0.05) is 0 Å². The predicted octanol–water partition coefficient (Wildman–Crippen LogP) is 4.01. The van der Waals surface area contributed by atoms with E-state index in [0.29, 0.717) is 5.04 Å². The van der Waals surface area contributed by atoms with E-state index in [1.165, 1.54) is 12.1 Å². The molecule has 0 aromatic carbocycles. The summed E-state index contributed by atoms with van der Waals surface area (Å²) in [6, 6.07) is 2.38. The highest BCUT2D eigenvalue weighted by atomic mass is 35.6. The van der Waals surface area contributed by atoms with Crippen LogP contribution in [0.1, 0.15) is 34.6 Å². The van der Waals surface area contributed by atoms with Gasteiger partial charge in [-0.05, 0) is 17.1 Å². The summed E-state index contributed by atoms with van der Waals surface area (Å²) in [5, 5.41) is 0.359. The van der Waals surface area contributed by atoms with Gasteiger partial charge in [-0.1, -0.05) is 34.6 Å². The second kappa shape index (κ2) is 3.27. The highest BCUT2D eigenvalue weighted by molar-refractivity contribution is 7.21. The van der Waals surface area contributed by atoms with E-state index in [4.69, 9.17) is 11.1 Å². The fourth-order valence-corrected chi connectivity index (χ4v) is 3.93. The molecule has 62 valence electrons. The van der Waals surface area contributed by atoms with E-state index >= 15 is 0 Å². The van der Waals surface area contributed by atoms with Gasteiger partial charge in [-0.25, -0.2) is 0 Å². The lowest BCUT2D eigenvalue weighted by Crippen LogP contribution is -2.36. The van der Waals surface area contributed by atoms with E-state index in [2.05, 4.69) is 34.6 Å². The van der Waals surface area contributed by atoms with Crippen LogP contribution in [0.15, 0.2) is 0 Å². The van der Waals surface area contributed by atoms with Crippen LogP contribution in [0.25, 0.3) is 0 Å². The molecule has 0 aromatic heterocycles. The molecule has 0 heterocycles. The first-order chi connectivity index (χ1) is 4.37. The standard InChI is InChI=1S/C8H19ClSi/c1-6-10(9,7-2)8(3,4)5/h6-7H2,1-5H3. The minimum Gasteiger partial charge on any atom is -0.166 e. The number of hydrogen-bond acceptors (Lipinski definition) is 0. The molecule has 0 amide bonds. The minimum atomic E-state index is -1.43. The zero-order valence-corrected chi connectivity index (χ0v) is 9.55. The van der Waals surface area contributed by atoms with Crippen molar-refractivity contribution in [3.63, 3.8) is 0 Å². The van der Waals surface area contributed by atoms with E-state index in [-0.39, 0.29) is 0 Å². The molecule has 0 unspecified atom stereocenters. The van der Waals surface area contributed by atoms with Crippen molar-refractivity contribution < 1.29 is 0 Å². The van der Waals surface area contributed by atoms with Crippen molar-refractivity contribution in [3.8, 4) is 0 Å². The van der Waals surface area contributed by atoms with Gasteiger partial charge in [-0.3, -0.25) is 0 Å². The molecule has 0 saturated heterocycles. The highest BCUT2D eigenvalue weighted by Crippen LogP contribution is 2.43. The van der Waals surface area contributed by atoms with Gasteiger partial charge in [0.15, 0.2) is 7.38 Å². The van der Waals surface area contributed by atoms with E-state index in [9.17, 15) is 0 Å². The Morgan fingerprint density at radius 2 is 1.40 bits per heavy atom. The fraction of sp³-hybridized carbons (Fsp3) is 1.00. The lowest BCUT2D eigenvalue weighted by molar-refractivity contribution is 0.720. The topological polar surface area (TPSA) is 0 Å². The van der Waals surface area contributed by atoms with Crippen molar-refractivity contribution in [1.29, 1.82) is 0 Å². The summed E-state index contributed by atoms with van der Waals surface area (Å²) >= 11 is 6.52. The third-order valence-corrected chi connectivity index (χ3v) is 10.7. The van der Waals surface area contributed by atoms with Crippen molar-refractivity contribution >= 4 is 18.5 Å². The zero-order valence-electron chi connectivity index (χ0n) is 7.79. The molecule has 0 fully saturated rings. The van der Waals surface area contributed by atoms with Gasteiger partial charge >= 0.3 is 0 Å². The summed E-state index contributed by atoms with van der Waals surface area (Å²) in [4.78, 5) is 0. The Balaban J connectivity index is 4.33. The summed E-state index contributed by atoms with van der Waals surface area (Å²) in [5.74, 6) is 0. The average Bonchev–Trinajstić information content (AvgIpc) is 1.84. The summed E-state index contributed by atoms with van der Waals surface area (Å²) in [6.07, 6.45) is 0. The Hall–Kier alpha value is 0.507. The first-order valence-corrected chi connectivity index (χ1v) is 7.49. The molecule has 0 aromatic rings. The highest BCUT2D eigenvalue weighted by Gasteiger charge is 2.39. The zero-order chi connectivity index (χ0) is 8.41. The Bertz CT molecular complexity index is 100. The average molecular weight is 179 g/mol. The van der Waals surface area contributed by atoms with Crippen molar-refractivity contribution in [3.05, 3.63) is 0 Å². The minimum absolute atomic E-state index is 0.359. The SMILES string of the molecule is CC[Si](Cl)(CC)C(C)(C)C. The van der Waals surface area contributed by atoms with Crippen molar-refractivity contribution in [2.45, 2.75) is 51.7 Å². The van der Waals surface area contributed by atoms with Crippen LogP contribution >= 0.6 is 11.1 Å². The van der Waals surface area contributed by atoms with Crippen LogP contribution in [-0.4, -0.2) is 7.38 Å². The number of hydrogen-bond donors (Lipinski definition) is 0. The van der Waals surface area contributed by atoms with Crippen LogP contribution in [0.5, 0.6) is 0 Å². The lowest BCUT2D eigenvalue weighted by atomic mass is 10.2. The van der Waals surface area contributed by atoms with E-state index in [0.717, 1.165) is 0 Å². The monoisotopic (exact) mass is 178 g/mol. The molecule has 0 bridgehead atoms. The van der Waals surface area contributed by atoms with Gasteiger partial charge in [0.05, 0.1) is 0 Å². The Morgan fingerprint density at radius 1 is 1.10 bits per heavy atom. The van der Waals surface area contributed by atoms with Crippen LogP contribution in [0.4, 0.5) is 0 Å². The van der Waals surface area contributed by atoms with E-state index in [1.54, 1.807) is 0 Å². The molecular weight excluding hydrogens is 160 g/mol. The van der Waals surface area contributed by atoms with Crippen LogP contribution in [0.2, 0.25) is 17.1 Å². The molecule has 0 saturated carbocycles. The van der Waals surface area contributed by atoms with Crippen LogP contribution in [-0.2, 0) is 0 Å². The smallest absolute Gasteiger partial charge is 0.161 e. The molecular formula is C8H19ClSi. The lowest BCUT2D eigenvalue weighted by Gasteiger charge is -2.35. The molecule has 0 aliphatic rings. The molecule has 0 aliphatic heterocycles. The van der Waals surface area contributed by atoms with Gasteiger partial charge in [0.2, 0.25) is 0 Å². The molecule has 0 rings (SSSR count). The second-order valence-corrected chi connectivity index (χ2v) is 10.9. The van der Waals surface area contributed by atoms with Crippen LogP contribution < -0.4 is 0 Å². The first kappa shape index (κ1) is 10.5. The summed E-state index contributed by atoms with van der Waals surface area (Å²) < 4.78 is 0. The summed E-state index contributed by atoms with van der Waals surface area (Å²) in [7, 11) is -1.43. The van der Waals surface area contributed by atoms with Gasteiger partial charge in [0.1, 0.15) is 0 Å². The fourth-order valence-electron chi connectivity index (χ4n) is 1.31.